The van der Waals surface area contributed by atoms with Gasteiger partial charge in [0.05, 0.1) is 0 Å². The summed E-state index contributed by atoms with van der Waals surface area (Å²) >= 11 is 0. The Balaban J connectivity index is 3.02. The Morgan fingerprint density at radius 1 is 1.60 bits per heavy atom. The van der Waals surface area contributed by atoms with Gasteiger partial charge in [-0.1, -0.05) is 0 Å². The summed E-state index contributed by atoms with van der Waals surface area (Å²) in [6, 6.07) is 1.39. The smallest absolute Gasteiger partial charge is 0.354 e. The van der Waals surface area contributed by atoms with Crippen molar-refractivity contribution in [2.45, 2.75) is 13.5 Å². The van der Waals surface area contributed by atoms with Crippen molar-refractivity contribution in [1.82, 2.24) is 9.97 Å². The number of nitrogens with zero attached hydrogens (tertiary/aromatic N) is 2. The predicted molar refractivity (Wildman–Crippen MR) is 53.9 cm³/mol. The van der Waals surface area contributed by atoms with Crippen molar-refractivity contribution in [2.75, 3.05) is 19.0 Å². The minimum Gasteiger partial charge on any atom is -0.477 e. The zero-order valence-electron chi connectivity index (χ0n) is 8.65. The van der Waals surface area contributed by atoms with Gasteiger partial charge in [0, 0.05) is 19.7 Å². The first kappa shape index (κ1) is 11.4. The van der Waals surface area contributed by atoms with Crippen LogP contribution in [0, 0.1) is 0 Å². The molecule has 0 spiro atoms. The molecule has 1 aromatic heterocycles. The average molecular weight is 211 g/mol. The highest BCUT2D eigenvalue weighted by Gasteiger charge is 2.09. The number of carboxylic acid groups (broad SMARTS) is 1. The number of nitrogens with one attached hydrogen (secondary N) is 1. The molecule has 0 amide bonds. The second kappa shape index (κ2) is 5.26. The maximum Gasteiger partial charge on any atom is 0.354 e. The van der Waals surface area contributed by atoms with Gasteiger partial charge < -0.3 is 15.2 Å². The summed E-state index contributed by atoms with van der Waals surface area (Å²) in [7, 11) is 1.50. The fourth-order valence-corrected chi connectivity index (χ4v) is 1.07. The number of rotatable bonds is 5. The third kappa shape index (κ3) is 3.17. The number of hydrogen-bond acceptors (Lipinski definition) is 5. The lowest BCUT2D eigenvalue weighted by Crippen LogP contribution is -2.09. The van der Waals surface area contributed by atoms with Gasteiger partial charge in [0.15, 0.2) is 11.5 Å². The number of ether oxygens (including phenoxy) is 1. The zero-order valence-corrected chi connectivity index (χ0v) is 8.65. The molecule has 0 unspecified atom stereocenters. The van der Waals surface area contributed by atoms with Crippen LogP contribution in [0.1, 0.15) is 23.2 Å². The molecule has 0 bridgehead atoms. The lowest BCUT2D eigenvalue weighted by Gasteiger charge is -2.05. The van der Waals surface area contributed by atoms with Crippen molar-refractivity contribution in [3.63, 3.8) is 0 Å². The quantitative estimate of drug-likeness (QED) is 0.747. The predicted octanol–water partition coefficient (Wildman–Crippen LogP) is 0.753. The van der Waals surface area contributed by atoms with Crippen LogP contribution in [0.2, 0.25) is 0 Å². The number of aromatic nitrogens is 2. The summed E-state index contributed by atoms with van der Waals surface area (Å²) < 4.78 is 4.85. The Kier molecular flexibility index (Phi) is 3.99. The van der Waals surface area contributed by atoms with Crippen LogP contribution in [-0.4, -0.2) is 34.7 Å². The standard InChI is InChI=1S/C9H13N3O3/c1-3-10-7-4-6(9(13)14)11-8(12-7)5-15-2/h4H,3,5H2,1-2H3,(H,13,14)(H,10,11,12). The molecule has 0 aliphatic rings. The number of methoxy groups -OCH3 is 1. The van der Waals surface area contributed by atoms with E-state index in [-0.39, 0.29) is 12.3 Å². The first-order valence-corrected chi connectivity index (χ1v) is 4.51. The molecule has 82 valence electrons. The van der Waals surface area contributed by atoms with Gasteiger partial charge in [0.25, 0.3) is 0 Å². The highest BCUT2D eigenvalue weighted by molar-refractivity contribution is 5.86. The van der Waals surface area contributed by atoms with Crippen molar-refractivity contribution in [1.29, 1.82) is 0 Å². The fraction of sp³-hybridized carbons (Fsp3) is 0.444. The van der Waals surface area contributed by atoms with E-state index in [0.29, 0.717) is 18.2 Å². The zero-order chi connectivity index (χ0) is 11.3. The summed E-state index contributed by atoms with van der Waals surface area (Å²) in [4.78, 5) is 18.7. The lowest BCUT2D eigenvalue weighted by atomic mass is 10.3. The van der Waals surface area contributed by atoms with E-state index in [0.717, 1.165) is 0 Å². The molecule has 1 aromatic rings. The maximum absolute atomic E-state index is 10.8. The number of aromatic carboxylic acids is 1. The van der Waals surface area contributed by atoms with E-state index in [1.165, 1.54) is 13.2 Å². The molecule has 6 nitrogen and oxygen atoms in total. The molecule has 0 radical (unpaired) electrons. The van der Waals surface area contributed by atoms with E-state index in [1.54, 1.807) is 0 Å². The topological polar surface area (TPSA) is 84.3 Å². The minimum absolute atomic E-state index is 0.0343. The third-order valence-corrected chi connectivity index (χ3v) is 1.62. The molecule has 0 aromatic carbocycles. The van der Waals surface area contributed by atoms with E-state index >= 15 is 0 Å². The summed E-state index contributed by atoms with van der Waals surface area (Å²) in [6.45, 7) is 2.76. The molecule has 0 fully saturated rings. The molecular formula is C9H13N3O3. The van der Waals surface area contributed by atoms with E-state index in [1.807, 2.05) is 6.92 Å². The van der Waals surface area contributed by atoms with Crippen LogP contribution in [0.3, 0.4) is 0 Å². The third-order valence-electron chi connectivity index (χ3n) is 1.62. The SMILES string of the molecule is CCNc1cc(C(=O)O)nc(COC)n1. The fourth-order valence-electron chi connectivity index (χ4n) is 1.07. The highest BCUT2D eigenvalue weighted by Crippen LogP contribution is 2.07. The molecular weight excluding hydrogens is 198 g/mol. The largest absolute Gasteiger partial charge is 0.477 e. The first-order chi connectivity index (χ1) is 7.17. The van der Waals surface area contributed by atoms with Gasteiger partial charge in [0.1, 0.15) is 12.4 Å². The molecule has 15 heavy (non-hydrogen) atoms. The molecule has 0 aliphatic carbocycles. The van der Waals surface area contributed by atoms with Gasteiger partial charge in [-0.2, -0.15) is 0 Å². The summed E-state index contributed by atoms with van der Waals surface area (Å²) in [5.74, 6) is -0.223. The molecule has 0 atom stereocenters. The molecule has 0 saturated carbocycles. The van der Waals surface area contributed by atoms with Crippen molar-refractivity contribution in [2.24, 2.45) is 0 Å². The van der Waals surface area contributed by atoms with E-state index < -0.39 is 5.97 Å². The Labute approximate surface area is 87.3 Å². The summed E-state index contributed by atoms with van der Waals surface area (Å²) in [5.41, 5.74) is -0.0343. The minimum atomic E-state index is -1.08. The number of carbonyl (C=O) groups is 1. The van der Waals surface area contributed by atoms with E-state index in [4.69, 9.17) is 9.84 Å². The highest BCUT2D eigenvalue weighted by atomic mass is 16.5. The van der Waals surface area contributed by atoms with Crippen LogP contribution in [-0.2, 0) is 11.3 Å². The molecule has 0 saturated heterocycles. The molecule has 1 rings (SSSR count). The normalized spacial score (nSPS) is 10.0. The van der Waals surface area contributed by atoms with Gasteiger partial charge in [-0.3, -0.25) is 0 Å². The first-order valence-electron chi connectivity index (χ1n) is 4.51. The molecule has 1 heterocycles. The van der Waals surface area contributed by atoms with Crippen LogP contribution in [0.5, 0.6) is 0 Å². The monoisotopic (exact) mass is 211 g/mol. The Morgan fingerprint density at radius 2 is 2.33 bits per heavy atom. The number of carboxylic acids is 1. The number of hydrogen-bond donors (Lipinski definition) is 2. The van der Waals surface area contributed by atoms with Crippen LogP contribution in [0.4, 0.5) is 5.82 Å². The van der Waals surface area contributed by atoms with Crippen molar-refractivity contribution in [3.8, 4) is 0 Å². The van der Waals surface area contributed by atoms with Gasteiger partial charge in [-0.25, -0.2) is 14.8 Å². The molecule has 0 aliphatic heterocycles. The van der Waals surface area contributed by atoms with Crippen LogP contribution >= 0.6 is 0 Å². The van der Waals surface area contributed by atoms with Gasteiger partial charge >= 0.3 is 5.97 Å². The average Bonchev–Trinajstić information content (AvgIpc) is 2.18. The molecule has 2 N–H and O–H groups in total. The van der Waals surface area contributed by atoms with E-state index in [2.05, 4.69) is 15.3 Å². The maximum atomic E-state index is 10.8. The van der Waals surface area contributed by atoms with Gasteiger partial charge in [0.2, 0.25) is 0 Å². The molecule has 6 heteroatoms. The van der Waals surface area contributed by atoms with Crippen LogP contribution in [0.25, 0.3) is 0 Å². The van der Waals surface area contributed by atoms with Crippen LogP contribution < -0.4 is 5.32 Å². The number of anilines is 1. The van der Waals surface area contributed by atoms with Crippen LogP contribution in [0.15, 0.2) is 6.07 Å². The van der Waals surface area contributed by atoms with Crippen molar-refractivity contribution in [3.05, 3.63) is 17.6 Å². The Bertz CT molecular complexity index is 330. The Morgan fingerprint density at radius 3 is 2.87 bits per heavy atom. The summed E-state index contributed by atoms with van der Waals surface area (Å²) in [5, 5.41) is 11.7. The van der Waals surface area contributed by atoms with Crippen molar-refractivity contribution < 1.29 is 14.6 Å². The lowest BCUT2D eigenvalue weighted by molar-refractivity contribution is 0.0689. The van der Waals surface area contributed by atoms with E-state index in [9.17, 15) is 4.79 Å². The van der Waals surface area contributed by atoms with Crippen molar-refractivity contribution >= 4 is 11.8 Å². The van der Waals surface area contributed by atoms with Gasteiger partial charge in [-0.05, 0) is 6.92 Å². The second-order valence-electron chi connectivity index (χ2n) is 2.82. The second-order valence-corrected chi connectivity index (χ2v) is 2.82. The van der Waals surface area contributed by atoms with Gasteiger partial charge in [-0.15, -0.1) is 0 Å². The summed E-state index contributed by atoms with van der Waals surface area (Å²) in [6.07, 6.45) is 0. The Hall–Kier alpha value is -1.69.